The Hall–Kier alpha value is -1.94. The third kappa shape index (κ3) is 3.74. The summed E-state index contributed by atoms with van der Waals surface area (Å²) in [6.07, 6.45) is 12.7. The first kappa shape index (κ1) is 29.1. The minimum Gasteiger partial charge on any atom is -0.478 e. The van der Waals surface area contributed by atoms with E-state index >= 15 is 4.39 Å². The number of hydrogen-bond donors (Lipinski definition) is 2. The Labute approximate surface area is 246 Å². The highest BCUT2D eigenvalue weighted by Crippen LogP contribution is 2.77. The Morgan fingerprint density at radius 1 is 0.976 bits per heavy atom. The summed E-state index contributed by atoms with van der Waals surface area (Å²) in [6.45, 7) is 19.4. The second-order valence-corrected chi connectivity index (χ2v) is 16.2. The molecule has 4 saturated carbocycles. The molecule has 1 aromatic rings. The van der Waals surface area contributed by atoms with Crippen molar-refractivity contribution in [3.8, 4) is 0 Å². The molecule has 0 amide bonds. The zero-order valence-corrected chi connectivity index (χ0v) is 26.2. The fourth-order valence-corrected chi connectivity index (χ4v) is 12.5. The lowest BCUT2D eigenvalue weighted by Gasteiger charge is -2.72. The van der Waals surface area contributed by atoms with E-state index < -0.39 is 11.8 Å². The summed E-state index contributed by atoms with van der Waals surface area (Å²) in [6, 6.07) is 4.41. The lowest BCUT2D eigenvalue weighted by atomic mass is 9.32. The van der Waals surface area contributed by atoms with Crippen LogP contribution in [0, 0.1) is 62.5 Å². The molecule has 4 fully saturated rings. The van der Waals surface area contributed by atoms with Gasteiger partial charge in [-0.25, -0.2) is 9.18 Å². The molecular weight excluding hydrogens is 511 g/mol. The number of aliphatic hydroxyl groups excluding tert-OH is 1. The quantitative estimate of drug-likeness (QED) is 0.360. The predicted octanol–water partition coefficient (Wildman–Crippen LogP) is 9.17. The number of benzene rings is 1. The van der Waals surface area contributed by atoms with Gasteiger partial charge in [0.2, 0.25) is 0 Å². The zero-order valence-electron chi connectivity index (χ0n) is 26.2. The minimum absolute atomic E-state index is 0.00223. The first-order chi connectivity index (χ1) is 19.2. The van der Waals surface area contributed by atoms with E-state index in [1.165, 1.54) is 43.7 Å². The van der Waals surface area contributed by atoms with Crippen LogP contribution in [0.3, 0.4) is 0 Å². The number of rotatable bonds is 4. The summed E-state index contributed by atoms with van der Waals surface area (Å²) in [5, 5.41) is 20.1. The number of carbonyl (C=O) groups is 1. The summed E-state index contributed by atoms with van der Waals surface area (Å²) in [7, 11) is 0. The van der Waals surface area contributed by atoms with E-state index in [1.54, 1.807) is 12.1 Å². The SMILES string of the molecule is C=C(C)[C@@H]1CC[C@]2(CO)CC[C@]3(C)[C@H](CCC4[C@@]5(C)CC=C(c6ccc(C(=O)O)cc6F)C(C)(C)C5CC[C@]43C)C12. The van der Waals surface area contributed by atoms with Crippen LogP contribution >= 0.6 is 0 Å². The molecule has 5 aliphatic rings. The monoisotopic (exact) mass is 562 g/mol. The molecule has 0 heterocycles. The predicted molar refractivity (Wildman–Crippen MR) is 163 cm³/mol. The van der Waals surface area contributed by atoms with Gasteiger partial charge in [0.25, 0.3) is 0 Å². The highest BCUT2D eigenvalue weighted by atomic mass is 19.1. The Balaban J connectivity index is 1.37. The van der Waals surface area contributed by atoms with Crippen LogP contribution in [0.5, 0.6) is 0 Å². The van der Waals surface area contributed by atoms with Crippen molar-refractivity contribution in [2.75, 3.05) is 6.61 Å². The van der Waals surface area contributed by atoms with Crippen LogP contribution in [0.15, 0.2) is 36.4 Å². The smallest absolute Gasteiger partial charge is 0.335 e. The van der Waals surface area contributed by atoms with Gasteiger partial charge in [-0.3, -0.25) is 0 Å². The van der Waals surface area contributed by atoms with Gasteiger partial charge in [-0.2, -0.15) is 0 Å². The molecule has 3 unspecified atom stereocenters. The molecule has 1 aromatic carbocycles. The van der Waals surface area contributed by atoms with Crippen molar-refractivity contribution in [2.24, 2.45) is 56.7 Å². The van der Waals surface area contributed by atoms with Gasteiger partial charge in [0.1, 0.15) is 5.82 Å². The lowest BCUT2D eigenvalue weighted by Crippen LogP contribution is -2.65. The fraction of sp³-hybridized carbons (Fsp3) is 0.703. The standard InChI is InChI=1S/C37H51FO3/c1-22(2)24-12-17-37(21-39)19-18-35(6)27(31(24)37)10-11-30-34(5)15-13-26(25-9-8-23(32(40)41)20-28(25)38)33(3,4)29(34)14-16-36(30,35)7/h8-9,13,20,24,27,29-31,39H,1,10-12,14-19,21H2,2-7H3,(H,40,41)/t24-,27+,29?,30?,31?,34-,35+,36+,37+/m0/s1. The molecule has 224 valence electrons. The molecule has 4 heteroatoms. The van der Waals surface area contributed by atoms with E-state index in [9.17, 15) is 15.0 Å². The number of fused-ring (bicyclic) bond motifs is 7. The molecule has 0 bridgehead atoms. The fourth-order valence-electron chi connectivity index (χ4n) is 12.5. The van der Waals surface area contributed by atoms with E-state index in [2.05, 4.69) is 54.2 Å². The summed E-state index contributed by atoms with van der Waals surface area (Å²) in [5.74, 6) is 1.19. The number of carboxylic acids is 1. The van der Waals surface area contributed by atoms with E-state index in [-0.39, 0.29) is 32.6 Å². The Kier molecular flexibility index (Phi) is 6.60. The molecule has 41 heavy (non-hydrogen) atoms. The average Bonchev–Trinajstić information content (AvgIpc) is 3.30. The van der Waals surface area contributed by atoms with Crippen LogP contribution in [0.4, 0.5) is 4.39 Å². The number of hydrogen-bond acceptors (Lipinski definition) is 2. The van der Waals surface area contributed by atoms with Crippen molar-refractivity contribution in [3.05, 3.63) is 53.4 Å². The minimum atomic E-state index is -1.10. The molecule has 0 saturated heterocycles. The van der Waals surface area contributed by atoms with Gasteiger partial charge in [0.15, 0.2) is 0 Å². The number of aromatic carboxylic acids is 1. The van der Waals surface area contributed by atoms with Gasteiger partial charge >= 0.3 is 5.97 Å². The van der Waals surface area contributed by atoms with Crippen molar-refractivity contribution in [3.63, 3.8) is 0 Å². The number of carboxylic acid groups (broad SMARTS) is 1. The highest BCUT2D eigenvalue weighted by Gasteiger charge is 2.70. The van der Waals surface area contributed by atoms with Crippen LogP contribution in [0.25, 0.3) is 5.57 Å². The summed E-state index contributed by atoms with van der Waals surface area (Å²) in [5.41, 5.74) is 3.35. The van der Waals surface area contributed by atoms with Crippen LogP contribution in [0.1, 0.15) is 115 Å². The van der Waals surface area contributed by atoms with Crippen LogP contribution in [0.2, 0.25) is 0 Å². The molecule has 3 nitrogen and oxygen atoms in total. The molecule has 9 atom stereocenters. The topological polar surface area (TPSA) is 57.5 Å². The largest absolute Gasteiger partial charge is 0.478 e. The molecule has 0 aliphatic heterocycles. The van der Waals surface area contributed by atoms with Crippen molar-refractivity contribution in [1.29, 1.82) is 0 Å². The second-order valence-electron chi connectivity index (χ2n) is 16.2. The van der Waals surface area contributed by atoms with Crippen LogP contribution in [-0.2, 0) is 0 Å². The summed E-state index contributed by atoms with van der Waals surface area (Å²) in [4.78, 5) is 11.4. The molecular formula is C37H51FO3. The van der Waals surface area contributed by atoms with E-state index in [1.807, 2.05) is 0 Å². The first-order valence-corrected chi connectivity index (χ1v) is 16.2. The van der Waals surface area contributed by atoms with Gasteiger partial charge < -0.3 is 10.2 Å². The molecule has 6 rings (SSSR count). The molecule has 0 aromatic heterocycles. The highest BCUT2D eigenvalue weighted by molar-refractivity contribution is 5.88. The van der Waals surface area contributed by atoms with Gasteiger partial charge in [0, 0.05) is 12.2 Å². The molecule has 0 spiro atoms. The number of allylic oxidation sites excluding steroid dienone is 3. The van der Waals surface area contributed by atoms with Gasteiger partial charge in [-0.15, -0.1) is 0 Å². The average molecular weight is 563 g/mol. The van der Waals surface area contributed by atoms with E-state index in [0.29, 0.717) is 41.8 Å². The lowest BCUT2D eigenvalue weighted by molar-refractivity contribution is -0.228. The van der Waals surface area contributed by atoms with Gasteiger partial charge in [0.05, 0.1) is 5.56 Å². The number of aliphatic hydroxyl groups is 1. The molecule has 5 aliphatic carbocycles. The maximum atomic E-state index is 15.4. The second kappa shape index (κ2) is 9.28. The first-order valence-electron chi connectivity index (χ1n) is 16.2. The molecule has 2 N–H and O–H groups in total. The number of halogens is 1. The Morgan fingerprint density at radius 3 is 2.34 bits per heavy atom. The van der Waals surface area contributed by atoms with Crippen LogP contribution in [-0.4, -0.2) is 22.8 Å². The third-order valence-corrected chi connectivity index (χ3v) is 14.6. The third-order valence-electron chi connectivity index (χ3n) is 14.6. The Bertz CT molecular complexity index is 1310. The Morgan fingerprint density at radius 2 is 1.71 bits per heavy atom. The normalized spacial score (nSPS) is 44.6. The molecule has 0 radical (unpaired) electrons. The maximum absolute atomic E-state index is 15.4. The van der Waals surface area contributed by atoms with Crippen LogP contribution < -0.4 is 0 Å². The van der Waals surface area contributed by atoms with Crippen molar-refractivity contribution in [2.45, 2.75) is 99.3 Å². The van der Waals surface area contributed by atoms with Gasteiger partial charge in [-0.1, -0.05) is 58.9 Å². The van der Waals surface area contributed by atoms with Crippen molar-refractivity contribution in [1.82, 2.24) is 0 Å². The summed E-state index contributed by atoms with van der Waals surface area (Å²) < 4.78 is 15.4. The van der Waals surface area contributed by atoms with E-state index in [0.717, 1.165) is 31.3 Å². The van der Waals surface area contributed by atoms with Crippen molar-refractivity contribution >= 4 is 11.5 Å². The zero-order chi connectivity index (χ0) is 29.8. The van der Waals surface area contributed by atoms with E-state index in [4.69, 9.17) is 0 Å². The van der Waals surface area contributed by atoms with Gasteiger partial charge in [-0.05, 0) is 139 Å². The maximum Gasteiger partial charge on any atom is 0.335 e. The summed E-state index contributed by atoms with van der Waals surface area (Å²) >= 11 is 0. The van der Waals surface area contributed by atoms with Crippen molar-refractivity contribution < 1.29 is 19.4 Å².